The predicted octanol–water partition coefficient (Wildman–Crippen LogP) is 2.02. The number of benzene rings is 2. The normalized spacial score (nSPS) is 13.1. The second kappa shape index (κ2) is 8.33. The van der Waals surface area contributed by atoms with Crippen molar-refractivity contribution in [3.8, 4) is 5.75 Å². The molecule has 2 aromatic rings. The van der Waals surface area contributed by atoms with Crippen molar-refractivity contribution in [2.45, 2.75) is 25.7 Å². The van der Waals surface area contributed by atoms with Gasteiger partial charge in [0.05, 0.1) is 0 Å². The third-order valence-corrected chi connectivity index (χ3v) is 3.60. The number of phenolic OH excluding ortho intramolecular Hbond substituents is 1. The molecule has 0 heterocycles. The van der Waals surface area contributed by atoms with Gasteiger partial charge in [0.2, 0.25) is 0 Å². The van der Waals surface area contributed by atoms with Crippen LogP contribution >= 0.6 is 0 Å². The molecule has 6 nitrogen and oxygen atoms in total. The number of hydrogen-bond acceptors (Lipinski definition) is 5. The Labute approximate surface area is 140 Å². The maximum atomic E-state index is 11.6. The molecule has 0 radical (unpaired) electrons. The first kappa shape index (κ1) is 17.8. The molecule has 2 atom stereocenters. The van der Waals surface area contributed by atoms with Crippen molar-refractivity contribution in [2.24, 2.45) is 0 Å². The second-order valence-electron chi connectivity index (χ2n) is 5.50. The van der Waals surface area contributed by atoms with Gasteiger partial charge in [-0.2, -0.15) is 0 Å². The average Bonchev–Trinajstić information content (AvgIpc) is 2.60. The summed E-state index contributed by atoms with van der Waals surface area (Å²) in [4.78, 5) is 11.6. The van der Waals surface area contributed by atoms with E-state index in [0.29, 0.717) is 11.1 Å². The third kappa shape index (κ3) is 4.97. The summed E-state index contributed by atoms with van der Waals surface area (Å²) in [6.07, 6.45) is -3.05. The summed E-state index contributed by atoms with van der Waals surface area (Å²) in [5.74, 6) is 0.114. The van der Waals surface area contributed by atoms with Gasteiger partial charge >= 0.3 is 6.09 Å². The molecule has 4 N–H and O–H groups in total. The van der Waals surface area contributed by atoms with Gasteiger partial charge in [0.25, 0.3) is 0 Å². The molecule has 0 aliphatic rings. The Morgan fingerprint density at radius 2 is 1.88 bits per heavy atom. The van der Waals surface area contributed by atoms with Crippen LogP contribution in [-0.2, 0) is 11.3 Å². The van der Waals surface area contributed by atoms with Gasteiger partial charge in [-0.05, 0) is 35.7 Å². The Balaban J connectivity index is 1.80. The van der Waals surface area contributed by atoms with E-state index < -0.39 is 18.3 Å². The molecule has 2 rings (SSSR count). The third-order valence-electron chi connectivity index (χ3n) is 3.60. The molecule has 0 saturated carbocycles. The van der Waals surface area contributed by atoms with Crippen LogP contribution in [0.2, 0.25) is 0 Å². The van der Waals surface area contributed by atoms with Crippen LogP contribution in [-0.4, -0.2) is 34.1 Å². The highest BCUT2D eigenvalue weighted by Gasteiger charge is 2.20. The van der Waals surface area contributed by atoms with Crippen molar-refractivity contribution >= 4 is 6.09 Å². The van der Waals surface area contributed by atoms with E-state index in [1.165, 1.54) is 12.1 Å². The van der Waals surface area contributed by atoms with E-state index in [1.54, 1.807) is 13.0 Å². The van der Waals surface area contributed by atoms with Crippen molar-refractivity contribution in [3.05, 3.63) is 65.2 Å². The summed E-state index contributed by atoms with van der Waals surface area (Å²) >= 11 is 0. The molecule has 128 valence electrons. The van der Waals surface area contributed by atoms with Gasteiger partial charge in [0.15, 0.2) is 0 Å². The standard InChI is InChI=1S/C18H21NO5/c1-12-9-14(7-8-15(12)20)17(22)16(21)10-19-18(23)24-11-13-5-3-2-4-6-13/h2-9,16-17,20-22H,10-11H2,1H3,(H,19,23). The Kier molecular flexibility index (Phi) is 6.17. The summed E-state index contributed by atoms with van der Waals surface area (Å²) in [5, 5.41) is 32.0. The van der Waals surface area contributed by atoms with Crippen LogP contribution in [0.4, 0.5) is 4.79 Å². The Hall–Kier alpha value is -2.57. The minimum atomic E-state index is -1.20. The Bertz CT molecular complexity index is 674. The van der Waals surface area contributed by atoms with E-state index in [2.05, 4.69) is 5.32 Å². The number of ether oxygens (including phenoxy) is 1. The van der Waals surface area contributed by atoms with Crippen molar-refractivity contribution in [3.63, 3.8) is 0 Å². The maximum absolute atomic E-state index is 11.6. The van der Waals surface area contributed by atoms with Crippen LogP contribution in [0.3, 0.4) is 0 Å². The zero-order chi connectivity index (χ0) is 17.5. The molecule has 24 heavy (non-hydrogen) atoms. The first-order valence-corrected chi connectivity index (χ1v) is 7.57. The molecule has 0 saturated heterocycles. The largest absolute Gasteiger partial charge is 0.508 e. The van der Waals surface area contributed by atoms with Gasteiger partial charge < -0.3 is 25.4 Å². The molecular weight excluding hydrogens is 310 g/mol. The summed E-state index contributed by atoms with van der Waals surface area (Å²) < 4.78 is 5.02. The van der Waals surface area contributed by atoms with Gasteiger partial charge in [-0.25, -0.2) is 4.79 Å². The number of carbonyl (C=O) groups excluding carboxylic acids is 1. The van der Waals surface area contributed by atoms with Crippen LogP contribution in [0.1, 0.15) is 22.8 Å². The summed E-state index contributed by atoms with van der Waals surface area (Å²) in [7, 11) is 0. The number of nitrogens with one attached hydrogen (secondary N) is 1. The van der Waals surface area contributed by atoms with Crippen molar-refractivity contribution < 1.29 is 24.9 Å². The first-order valence-electron chi connectivity index (χ1n) is 7.57. The van der Waals surface area contributed by atoms with Crippen LogP contribution in [0.5, 0.6) is 5.75 Å². The molecule has 6 heteroatoms. The topological polar surface area (TPSA) is 99.0 Å². The minimum absolute atomic E-state index is 0.114. The smallest absolute Gasteiger partial charge is 0.407 e. The number of amides is 1. The van der Waals surface area contributed by atoms with Crippen molar-refractivity contribution in [1.29, 1.82) is 0 Å². The zero-order valence-electron chi connectivity index (χ0n) is 13.3. The highest BCUT2D eigenvalue weighted by Crippen LogP contribution is 2.23. The molecular formula is C18H21NO5. The summed E-state index contributed by atoms with van der Waals surface area (Å²) in [5.41, 5.74) is 1.90. The molecule has 0 fully saturated rings. The highest BCUT2D eigenvalue weighted by molar-refractivity contribution is 5.67. The maximum Gasteiger partial charge on any atom is 0.407 e. The lowest BCUT2D eigenvalue weighted by Crippen LogP contribution is -2.35. The molecule has 0 aliphatic carbocycles. The molecule has 1 amide bonds. The van der Waals surface area contributed by atoms with E-state index in [9.17, 15) is 20.1 Å². The fraction of sp³-hybridized carbons (Fsp3) is 0.278. The van der Waals surface area contributed by atoms with Gasteiger partial charge in [0.1, 0.15) is 24.6 Å². The summed E-state index contributed by atoms with van der Waals surface area (Å²) in [6, 6.07) is 13.8. The average molecular weight is 331 g/mol. The number of aryl methyl sites for hydroxylation is 1. The van der Waals surface area contributed by atoms with Crippen molar-refractivity contribution in [2.75, 3.05) is 6.54 Å². The number of aliphatic hydroxyl groups is 2. The number of aliphatic hydroxyl groups excluding tert-OH is 2. The lowest BCUT2D eigenvalue weighted by atomic mass is 10.0. The van der Waals surface area contributed by atoms with E-state index in [4.69, 9.17) is 4.74 Å². The number of hydrogen-bond donors (Lipinski definition) is 4. The monoisotopic (exact) mass is 331 g/mol. The molecule has 0 bridgehead atoms. The molecule has 0 spiro atoms. The highest BCUT2D eigenvalue weighted by atomic mass is 16.5. The lowest BCUT2D eigenvalue weighted by molar-refractivity contribution is 0.0183. The Morgan fingerprint density at radius 1 is 1.17 bits per heavy atom. The number of alkyl carbamates (subject to hydrolysis) is 1. The zero-order valence-corrected chi connectivity index (χ0v) is 13.3. The van der Waals surface area contributed by atoms with E-state index in [-0.39, 0.29) is 18.9 Å². The lowest BCUT2D eigenvalue weighted by Gasteiger charge is -2.19. The van der Waals surface area contributed by atoms with Crippen LogP contribution in [0.25, 0.3) is 0 Å². The SMILES string of the molecule is Cc1cc(C(O)C(O)CNC(=O)OCc2ccccc2)ccc1O. The van der Waals surface area contributed by atoms with Crippen LogP contribution in [0, 0.1) is 6.92 Å². The van der Waals surface area contributed by atoms with Gasteiger partial charge in [-0.3, -0.25) is 0 Å². The molecule has 0 aliphatic heterocycles. The number of carbonyl (C=O) groups is 1. The molecule has 2 aromatic carbocycles. The number of rotatable bonds is 6. The Morgan fingerprint density at radius 3 is 2.54 bits per heavy atom. The van der Waals surface area contributed by atoms with E-state index >= 15 is 0 Å². The molecule has 2 unspecified atom stereocenters. The van der Waals surface area contributed by atoms with Gasteiger partial charge in [0, 0.05) is 6.54 Å². The van der Waals surface area contributed by atoms with Crippen LogP contribution in [0.15, 0.2) is 48.5 Å². The van der Waals surface area contributed by atoms with Crippen molar-refractivity contribution in [1.82, 2.24) is 5.32 Å². The second-order valence-corrected chi connectivity index (χ2v) is 5.50. The van der Waals surface area contributed by atoms with Crippen LogP contribution < -0.4 is 5.32 Å². The summed E-state index contributed by atoms with van der Waals surface area (Å²) in [6.45, 7) is 1.66. The first-order chi connectivity index (χ1) is 11.5. The predicted molar refractivity (Wildman–Crippen MR) is 88.4 cm³/mol. The molecule has 0 aromatic heterocycles. The van der Waals surface area contributed by atoms with Gasteiger partial charge in [-0.15, -0.1) is 0 Å². The van der Waals surface area contributed by atoms with E-state index in [1.807, 2.05) is 30.3 Å². The fourth-order valence-corrected chi connectivity index (χ4v) is 2.16. The van der Waals surface area contributed by atoms with E-state index in [0.717, 1.165) is 5.56 Å². The van der Waals surface area contributed by atoms with Gasteiger partial charge in [-0.1, -0.05) is 36.4 Å². The number of phenols is 1. The number of aromatic hydroxyl groups is 1. The quantitative estimate of drug-likeness (QED) is 0.649. The fourth-order valence-electron chi connectivity index (χ4n) is 2.16. The minimum Gasteiger partial charge on any atom is -0.508 e.